The second kappa shape index (κ2) is 8.60. The molecule has 0 aliphatic heterocycles. The Hall–Kier alpha value is -2.43. The molecule has 6 nitrogen and oxygen atoms in total. The summed E-state index contributed by atoms with van der Waals surface area (Å²) in [6, 6.07) is 6.79. The zero-order valence-electron chi connectivity index (χ0n) is 13.6. The molecule has 1 aromatic heterocycles. The first-order chi connectivity index (χ1) is 11.9. The zero-order valence-corrected chi connectivity index (χ0v) is 15.2. The zero-order chi connectivity index (χ0) is 18.4. The minimum Gasteiger partial charge on any atom is -0.496 e. The molecule has 25 heavy (non-hydrogen) atoms. The summed E-state index contributed by atoms with van der Waals surface area (Å²) < 4.78 is 10.2. The summed E-state index contributed by atoms with van der Waals surface area (Å²) in [5.74, 6) is -1.66. The molecule has 130 valence electrons. The number of esters is 1. The second-order valence-corrected chi connectivity index (χ2v) is 6.48. The van der Waals surface area contributed by atoms with Crippen molar-refractivity contribution in [2.75, 3.05) is 13.7 Å². The predicted molar refractivity (Wildman–Crippen MR) is 92.9 cm³/mol. The number of nitrogens with zero attached hydrogens (tertiary/aromatic N) is 2. The number of methoxy groups -OCH3 is 1. The van der Waals surface area contributed by atoms with Gasteiger partial charge in [0, 0.05) is 21.7 Å². The van der Waals surface area contributed by atoms with E-state index in [1.54, 1.807) is 30.5 Å². The number of carbonyl (C=O) groups excluding carboxylic acids is 2. The van der Waals surface area contributed by atoms with Gasteiger partial charge in [-0.2, -0.15) is 5.26 Å². The van der Waals surface area contributed by atoms with E-state index in [0.717, 1.165) is 5.69 Å². The van der Waals surface area contributed by atoms with Gasteiger partial charge in [-0.1, -0.05) is 11.6 Å². The van der Waals surface area contributed by atoms with E-state index in [1.807, 2.05) is 6.07 Å². The highest BCUT2D eigenvalue weighted by molar-refractivity contribution is 7.09. The summed E-state index contributed by atoms with van der Waals surface area (Å²) in [6.45, 7) is 1.29. The van der Waals surface area contributed by atoms with Crippen molar-refractivity contribution in [2.45, 2.75) is 19.3 Å². The van der Waals surface area contributed by atoms with Crippen molar-refractivity contribution in [2.24, 2.45) is 0 Å². The minimum absolute atomic E-state index is 0.0927. The maximum atomic E-state index is 12.1. The lowest BCUT2D eigenvalue weighted by atomic mass is 10.1. The highest BCUT2D eigenvalue weighted by Gasteiger charge is 2.24. The molecule has 1 heterocycles. The molecule has 0 amide bonds. The smallest absolute Gasteiger partial charge is 0.310 e. The summed E-state index contributed by atoms with van der Waals surface area (Å²) in [6.07, 6.45) is -0.0927. The van der Waals surface area contributed by atoms with E-state index >= 15 is 0 Å². The third kappa shape index (κ3) is 5.02. The third-order valence-electron chi connectivity index (χ3n) is 3.29. The molecule has 1 aromatic carbocycles. The number of hydrogen-bond acceptors (Lipinski definition) is 7. The Balaban J connectivity index is 1.96. The molecule has 2 rings (SSSR count). The largest absolute Gasteiger partial charge is 0.496 e. The summed E-state index contributed by atoms with van der Waals surface area (Å²) in [4.78, 5) is 28.3. The molecule has 2 aromatic rings. The van der Waals surface area contributed by atoms with Crippen molar-refractivity contribution in [1.82, 2.24) is 4.98 Å². The number of aromatic nitrogens is 1. The Labute approximate surface area is 154 Å². The molecule has 0 unspecified atom stereocenters. The van der Waals surface area contributed by atoms with Crippen LogP contribution in [0.3, 0.4) is 0 Å². The van der Waals surface area contributed by atoms with Crippen molar-refractivity contribution in [3.05, 3.63) is 44.9 Å². The first-order valence-electron chi connectivity index (χ1n) is 7.27. The van der Waals surface area contributed by atoms with Crippen molar-refractivity contribution >= 4 is 34.7 Å². The Morgan fingerprint density at radius 1 is 1.44 bits per heavy atom. The van der Waals surface area contributed by atoms with Gasteiger partial charge < -0.3 is 9.47 Å². The second-order valence-electron chi connectivity index (χ2n) is 5.15. The van der Waals surface area contributed by atoms with E-state index in [-0.39, 0.29) is 6.42 Å². The standard InChI is InChI=1S/C17H15ClN2O4S/c1-10-9-25-17(20-10)13(7-19)14(21)8-24-16(22)6-11-5-12(18)3-4-15(11)23-2/h3-5,9,13H,6,8H2,1-2H3/t13-/m0/s1. The van der Waals surface area contributed by atoms with Gasteiger partial charge in [0.05, 0.1) is 19.6 Å². The SMILES string of the molecule is COc1ccc(Cl)cc1CC(=O)OCC(=O)[C@H](C#N)c1nc(C)cs1. The molecule has 0 N–H and O–H groups in total. The van der Waals surface area contributed by atoms with Gasteiger partial charge in [0.1, 0.15) is 10.8 Å². The van der Waals surface area contributed by atoms with E-state index in [1.165, 1.54) is 18.4 Å². The Morgan fingerprint density at radius 3 is 2.80 bits per heavy atom. The fourth-order valence-electron chi connectivity index (χ4n) is 2.10. The highest BCUT2D eigenvalue weighted by atomic mass is 35.5. The van der Waals surface area contributed by atoms with Crippen LogP contribution in [0.1, 0.15) is 22.2 Å². The number of ketones is 1. The molecule has 1 atom stereocenters. The lowest BCUT2D eigenvalue weighted by Gasteiger charge is -2.10. The molecule has 0 spiro atoms. The summed E-state index contributed by atoms with van der Waals surface area (Å²) in [5.41, 5.74) is 1.29. The maximum absolute atomic E-state index is 12.1. The number of nitriles is 1. The topological polar surface area (TPSA) is 89.3 Å². The van der Waals surface area contributed by atoms with Crippen molar-refractivity contribution in [3.63, 3.8) is 0 Å². The van der Waals surface area contributed by atoms with Gasteiger partial charge in [-0.3, -0.25) is 9.59 Å². The highest BCUT2D eigenvalue weighted by Crippen LogP contribution is 2.24. The normalized spacial score (nSPS) is 11.4. The van der Waals surface area contributed by atoms with Crippen LogP contribution in [0, 0.1) is 18.3 Å². The number of rotatable bonds is 7. The first-order valence-corrected chi connectivity index (χ1v) is 8.52. The van der Waals surface area contributed by atoms with Crippen LogP contribution in [0.25, 0.3) is 0 Å². The van der Waals surface area contributed by atoms with Gasteiger partial charge in [0.2, 0.25) is 0 Å². The maximum Gasteiger partial charge on any atom is 0.310 e. The minimum atomic E-state index is -1.03. The van der Waals surface area contributed by atoms with Gasteiger partial charge in [0.25, 0.3) is 0 Å². The van der Waals surface area contributed by atoms with Gasteiger partial charge in [-0.15, -0.1) is 11.3 Å². The Morgan fingerprint density at radius 2 is 2.20 bits per heavy atom. The van der Waals surface area contributed by atoms with Crippen molar-refractivity contribution in [1.29, 1.82) is 5.26 Å². The van der Waals surface area contributed by atoms with Gasteiger partial charge in [0.15, 0.2) is 18.3 Å². The number of carbonyl (C=O) groups is 2. The molecule has 8 heteroatoms. The number of benzene rings is 1. The van der Waals surface area contributed by atoms with Crippen LogP contribution in [0.2, 0.25) is 5.02 Å². The summed E-state index contributed by atoms with van der Waals surface area (Å²) >= 11 is 7.14. The number of hydrogen-bond donors (Lipinski definition) is 0. The average Bonchev–Trinajstić information content (AvgIpc) is 3.00. The fraction of sp³-hybridized carbons (Fsp3) is 0.294. The van der Waals surface area contributed by atoms with Crippen LogP contribution in [0.5, 0.6) is 5.75 Å². The molecule has 0 saturated carbocycles. The number of ether oxygens (including phenoxy) is 2. The summed E-state index contributed by atoms with van der Waals surface area (Å²) in [5, 5.41) is 11.8. The van der Waals surface area contributed by atoms with E-state index in [4.69, 9.17) is 21.1 Å². The van der Waals surface area contributed by atoms with Crippen molar-refractivity contribution in [3.8, 4) is 11.8 Å². The van der Waals surface area contributed by atoms with Crippen LogP contribution < -0.4 is 4.74 Å². The van der Waals surface area contributed by atoms with Crippen LogP contribution in [-0.2, 0) is 20.7 Å². The molecular formula is C17H15ClN2O4S. The lowest BCUT2D eigenvalue weighted by Crippen LogP contribution is -2.20. The summed E-state index contributed by atoms with van der Waals surface area (Å²) in [7, 11) is 1.48. The third-order valence-corrected chi connectivity index (χ3v) is 4.55. The van der Waals surface area contributed by atoms with Gasteiger partial charge >= 0.3 is 5.97 Å². The molecule has 0 fully saturated rings. The van der Waals surface area contributed by atoms with E-state index < -0.39 is 24.3 Å². The van der Waals surface area contributed by atoms with Crippen molar-refractivity contribution < 1.29 is 19.1 Å². The first kappa shape index (κ1) is 18.9. The number of thiazole rings is 1. The Kier molecular flexibility index (Phi) is 6.51. The monoisotopic (exact) mass is 378 g/mol. The number of aryl methyl sites for hydroxylation is 1. The fourth-order valence-corrected chi connectivity index (χ4v) is 3.15. The molecule has 0 bridgehead atoms. The molecular weight excluding hydrogens is 364 g/mol. The molecule has 0 radical (unpaired) electrons. The molecule has 0 aliphatic carbocycles. The van der Waals surface area contributed by atoms with E-state index in [9.17, 15) is 14.9 Å². The van der Waals surface area contributed by atoms with Crippen LogP contribution >= 0.6 is 22.9 Å². The molecule has 0 aliphatic rings. The predicted octanol–water partition coefficient (Wildman–Crippen LogP) is 3.08. The van der Waals surface area contributed by atoms with Gasteiger partial charge in [-0.05, 0) is 25.1 Å². The lowest BCUT2D eigenvalue weighted by molar-refractivity contribution is -0.147. The number of Topliss-reactive ketones (excluding diaryl/α,β-unsaturated/α-hetero) is 1. The van der Waals surface area contributed by atoms with Crippen LogP contribution in [0.15, 0.2) is 23.6 Å². The van der Waals surface area contributed by atoms with Crippen LogP contribution in [0.4, 0.5) is 0 Å². The number of halogens is 1. The average molecular weight is 379 g/mol. The van der Waals surface area contributed by atoms with Gasteiger partial charge in [-0.25, -0.2) is 4.98 Å². The van der Waals surface area contributed by atoms with E-state index in [2.05, 4.69) is 4.98 Å². The quantitative estimate of drug-likeness (QED) is 0.688. The van der Waals surface area contributed by atoms with Crippen LogP contribution in [-0.4, -0.2) is 30.5 Å². The molecule has 0 saturated heterocycles. The van der Waals surface area contributed by atoms with E-state index in [0.29, 0.717) is 21.3 Å². The Bertz CT molecular complexity index is 828.